The van der Waals surface area contributed by atoms with Gasteiger partial charge in [-0.15, -0.1) is 0 Å². The van der Waals surface area contributed by atoms with Crippen LogP contribution in [0, 0.1) is 5.82 Å². The molecule has 0 aromatic heterocycles. The average molecular weight is 567 g/mol. The molecular weight excluding hydrogens is 535 g/mol. The molecule has 41 heavy (non-hydrogen) atoms. The van der Waals surface area contributed by atoms with Crippen LogP contribution in [0.4, 0.5) is 10.1 Å². The van der Waals surface area contributed by atoms with Gasteiger partial charge < -0.3 is 9.47 Å². The number of halogens is 1. The molecule has 1 aliphatic heterocycles. The highest BCUT2D eigenvalue weighted by atomic mass is 32.2. The van der Waals surface area contributed by atoms with E-state index in [1.807, 2.05) is 42.5 Å². The van der Waals surface area contributed by atoms with Gasteiger partial charge in [0, 0.05) is 6.04 Å². The van der Waals surface area contributed by atoms with Crippen molar-refractivity contribution in [2.75, 3.05) is 7.11 Å². The van der Waals surface area contributed by atoms with Gasteiger partial charge >= 0.3 is 0 Å². The Balaban J connectivity index is 1.26. The minimum Gasteiger partial charge on any atom is -0.493 e. The molecule has 5 nitrogen and oxygen atoms in total. The summed E-state index contributed by atoms with van der Waals surface area (Å²) >= 11 is 1.29. The molecule has 0 radical (unpaired) electrons. The Hall–Kier alpha value is -4.10. The lowest BCUT2D eigenvalue weighted by Crippen LogP contribution is -2.40. The first-order chi connectivity index (χ1) is 20.1. The van der Waals surface area contributed by atoms with Crippen molar-refractivity contribution in [1.82, 2.24) is 4.90 Å². The fourth-order valence-electron chi connectivity index (χ4n) is 5.49. The van der Waals surface area contributed by atoms with E-state index in [9.17, 15) is 9.18 Å². The average Bonchev–Trinajstić information content (AvgIpc) is 3.31. The molecule has 4 aromatic carbocycles. The highest BCUT2D eigenvalue weighted by Gasteiger charge is 2.38. The number of amides is 1. The van der Waals surface area contributed by atoms with Gasteiger partial charge in [-0.3, -0.25) is 9.69 Å². The van der Waals surface area contributed by atoms with Crippen molar-refractivity contribution >= 4 is 45.4 Å². The van der Waals surface area contributed by atoms with E-state index in [2.05, 4.69) is 29.3 Å². The van der Waals surface area contributed by atoms with Crippen LogP contribution in [0.15, 0.2) is 94.8 Å². The third-order valence-electron chi connectivity index (χ3n) is 7.59. The van der Waals surface area contributed by atoms with E-state index in [1.54, 1.807) is 30.2 Å². The van der Waals surface area contributed by atoms with E-state index in [-0.39, 0.29) is 17.6 Å². The van der Waals surface area contributed by atoms with Gasteiger partial charge in [0.2, 0.25) is 0 Å². The minimum absolute atomic E-state index is 0.0690. The fraction of sp³-hybridized carbons (Fsp3) is 0.235. The summed E-state index contributed by atoms with van der Waals surface area (Å²) in [5, 5.41) is 2.85. The maximum absolute atomic E-state index is 14.5. The van der Waals surface area contributed by atoms with Crippen molar-refractivity contribution in [3.05, 3.63) is 107 Å². The molecule has 2 fully saturated rings. The van der Waals surface area contributed by atoms with E-state index >= 15 is 0 Å². The fourth-order valence-corrected chi connectivity index (χ4v) is 6.54. The van der Waals surface area contributed by atoms with Gasteiger partial charge in [0.05, 0.1) is 12.0 Å². The number of hydrogen-bond acceptors (Lipinski definition) is 5. The van der Waals surface area contributed by atoms with Gasteiger partial charge in [-0.1, -0.05) is 79.9 Å². The summed E-state index contributed by atoms with van der Waals surface area (Å²) in [5.41, 5.74) is 2.14. The van der Waals surface area contributed by atoms with Crippen LogP contribution >= 0.6 is 11.8 Å². The third-order valence-corrected chi connectivity index (χ3v) is 8.58. The highest BCUT2D eigenvalue weighted by Crippen LogP contribution is 2.39. The number of para-hydroxylation sites is 1. The molecule has 1 amide bonds. The number of methoxy groups -OCH3 is 1. The van der Waals surface area contributed by atoms with E-state index < -0.39 is 5.82 Å². The molecule has 1 aliphatic carbocycles. The van der Waals surface area contributed by atoms with Crippen LogP contribution in [0.1, 0.15) is 43.2 Å². The second kappa shape index (κ2) is 12.2. The van der Waals surface area contributed by atoms with Gasteiger partial charge in [0.15, 0.2) is 16.7 Å². The van der Waals surface area contributed by atoms with Crippen molar-refractivity contribution < 1.29 is 18.7 Å². The van der Waals surface area contributed by atoms with Crippen LogP contribution in [0.3, 0.4) is 0 Å². The third kappa shape index (κ3) is 5.86. The number of hydrogen-bond donors (Lipinski definition) is 0. The number of amidine groups is 1. The summed E-state index contributed by atoms with van der Waals surface area (Å²) in [7, 11) is 1.61. The molecule has 7 heteroatoms. The summed E-state index contributed by atoms with van der Waals surface area (Å²) in [6.07, 6.45) is 7.01. The number of aliphatic imine (C=N–C) groups is 1. The molecule has 0 atom stereocenters. The number of nitrogens with zero attached hydrogens (tertiary/aromatic N) is 2. The van der Waals surface area contributed by atoms with Crippen LogP contribution in [-0.2, 0) is 11.4 Å². The first-order valence-electron chi connectivity index (χ1n) is 13.9. The summed E-state index contributed by atoms with van der Waals surface area (Å²) < 4.78 is 26.3. The molecule has 1 saturated heterocycles. The zero-order valence-electron chi connectivity index (χ0n) is 22.9. The van der Waals surface area contributed by atoms with Crippen LogP contribution in [0.25, 0.3) is 16.8 Å². The quantitative estimate of drug-likeness (QED) is 0.211. The summed E-state index contributed by atoms with van der Waals surface area (Å²) in [5.74, 6) is 0.711. The van der Waals surface area contributed by atoms with E-state index in [4.69, 9.17) is 9.47 Å². The Bertz CT molecular complexity index is 1640. The largest absolute Gasteiger partial charge is 0.493 e. The van der Waals surface area contributed by atoms with Crippen LogP contribution in [0.2, 0.25) is 0 Å². The molecule has 4 aromatic rings. The number of thioether (sulfide) groups is 1. The molecule has 6 rings (SSSR count). The second-order valence-corrected chi connectivity index (χ2v) is 11.3. The summed E-state index contributed by atoms with van der Waals surface area (Å²) in [6, 6.07) is 26.6. The lowest BCUT2D eigenvalue weighted by molar-refractivity contribution is -0.124. The van der Waals surface area contributed by atoms with Crippen LogP contribution in [-0.4, -0.2) is 29.1 Å². The number of rotatable bonds is 7. The zero-order chi connectivity index (χ0) is 28.2. The topological polar surface area (TPSA) is 51.1 Å². The highest BCUT2D eigenvalue weighted by molar-refractivity contribution is 8.18. The SMILES string of the molecule is COc1cc(/C=C2\SC(=Nc3ccccc3F)N(C3CCCCC3)C2=O)ccc1OCc1cccc2ccccc12. The molecular formula is C34H31FN2O3S. The summed E-state index contributed by atoms with van der Waals surface area (Å²) in [4.78, 5) is 20.6. The normalized spacial score (nSPS) is 18.0. The Kier molecular flexibility index (Phi) is 8.05. The molecule has 0 unspecified atom stereocenters. The minimum atomic E-state index is -0.405. The number of carbonyl (C=O) groups excluding carboxylic acids is 1. The molecule has 0 spiro atoms. The van der Waals surface area contributed by atoms with Crippen molar-refractivity contribution in [2.45, 2.75) is 44.8 Å². The van der Waals surface area contributed by atoms with Crippen molar-refractivity contribution in [3.8, 4) is 11.5 Å². The summed E-state index contributed by atoms with van der Waals surface area (Å²) in [6.45, 7) is 0.401. The predicted octanol–water partition coefficient (Wildman–Crippen LogP) is 8.50. The molecule has 208 valence electrons. The predicted molar refractivity (Wildman–Crippen MR) is 164 cm³/mol. The lowest BCUT2D eigenvalue weighted by Gasteiger charge is -2.30. The van der Waals surface area contributed by atoms with Crippen LogP contribution in [0.5, 0.6) is 11.5 Å². The van der Waals surface area contributed by atoms with Crippen LogP contribution < -0.4 is 9.47 Å². The molecule has 0 N–H and O–H groups in total. The number of benzene rings is 4. The zero-order valence-corrected chi connectivity index (χ0v) is 23.7. The number of fused-ring (bicyclic) bond motifs is 1. The standard InChI is InChI=1S/C34H31FN2O3S/c1-39-31-20-23(18-19-30(31)40-22-25-12-9-11-24-10-5-6-15-27(24)25)21-32-33(38)37(26-13-3-2-4-14-26)34(41-32)36-29-17-8-7-16-28(29)35/h5-12,15-21,26H,2-4,13-14,22H2,1H3/b32-21-,36-34?. The second-order valence-electron chi connectivity index (χ2n) is 10.3. The van der Waals surface area contributed by atoms with Gasteiger partial charge in [-0.2, -0.15) is 0 Å². The van der Waals surface area contributed by atoms with Gasteiger partial charge in [-0.05, 0) is 76.8 Å². The first kappa shape index (κ1) is 27.1. The Morgan fingerprint density at radius 1 is 0.951 bits per heavy atom. The molecule has 1 heterocycles. The van der Waals surface area contributed by atoms with Gasteiger partial charge in [0.25, 0.3) is 5.91 Å². The molecule has 2 aliphatic rings. The van der Waals surface area contributed by atoms with Crippen molar-refractivity contribution in [2.24, 2.45) is 4.99 Å². The maximum Gasteiger partial charge on any atom is 0.267 e. The monoisotopic (exact) mass is 566 g/mol. The Labute approximate surface area is 243 Å². The number of carbonyl (C=O) groups is 1. The lowest BCUT2D eigenvalue weighted by atomic mass is 9.94. The Morgan fingerprint density at radius 2 is 1.73 bits per heavy atom. The van der Waals surface area contributed by atoms with E-state index in [0.29, 0.717) is 28.2 Å². The smallest absolute Gasteiger partial charge is 0.267 e. The first-order valence-corrected chi connectivity index (χ1v) is 14.8. The van der Waals surface area contributed by atoms with Crippen molar-refractivity contribution in [3.63, 3.8) is 0 Å². The molecule has 0 bridgehead atoms. The Morgan fingerprint density at radius 3 is 2.56 bits per heavy atom. The van der Waals surface area contributed by atoms with E-state index in [0.717, 1.165) is 42.2 Å². The van der Waals surface area contributed by atoms with E-state index in [1.165, 1.54) is 29.6 Å². The van der Waals surface area contributed by atoms with Crippen molar-refractivity contribution in [1.29, 1.82) is 0 Å². The maximum atomic E-state index is 14.5. The molecule has 1 saturated carbocycles. The van der Waals surface area contributed by atoms with Gasteiger partial charge in [0.1, 0.15) is 18.1 Å². The van der Waals surface area contributed by atoms with Gasteiger partial charge in [-0.25, -0.2) is 9.38 Å². The number of ether oxygens (including phenoxy) is 2.